The van der Waals surface area contributed by atoms with Crippen LogP contribution in [0.4, 0.5) is 0 Å². The number of aliphatic hydroxyl groups is 1. The molecule has 1 aromatic heterocycles. The molecule has 9 heteroatoms. The summed E-state index contributed by atoms with van der Waals surface area (Å²) in [6.07, 6.45) is 0.0571. The van der Waals surface area contributed by atoms with Crippen molar-refractivity contribution in [3.8, 4) is 0 Å². The molecule has 1 saturated heterocycles. The molecule has 39 heavy (non-hydrogen) atoms. The molecule has 2 N–H and O–H groups in total. The van der Waals surface area contributed by atoms with E-state index in [1.165, 1.54) is 13.8 Å². The van der Waals surface area contributed by atoms with Crippen molar-refractivity contribution >= 4 is 23.6 Å². The number of esters is 1. The van der Waals surface area contributed by atoms with Crippen LogP contribution in [0, 0.1) is 5.92 Å². The van der Waals surface area contributed by atoms with Gasteiger partial charge in [0, 0.05) is 36.9 Å². The Bertz CT molecular complexity index is 1220. The second-order valence-electron chi connectivity index (χ2n) is 9.51. The molecule has 2 aromatic carbocycles. The van der Waals surface area contributed by atoms with Crippen LogP contribution in [-0.4, -0.2) is 39.9 Å². The summed E-state index contributed by atoms with van der Waals surface area (Å²) >= 11 is 1.65. The minimum atomic E-state index is -0.850. The third-order valence-electron chi connectivity index (χ3n) is 6.59. The van der Waals surface area contributed by atoms with E-state index in [1.807, 2.05) is 66.7 Å². The Morgan fingerprint density at radius 1 is 1.03 bits per heavy atom. The zero-order valence-electron chi connectivity index (χ0n) is 22.3. The van der Waals surface area contributed by atoms with E-state index in [-0.39, 0.29) is 30.6 Å². The Hall–Kier alpha value is -3.24. The molecule has 0 aliphatic carbocycles. The number of aromatic nitrogens is 1. The molecule has 2 heterocycles. The lowest BCUT2D eigenvalue weighted by Crippen LogP contribution is -2.38. The van der Waals surface area contributed by atoms with Crippen LogP contribution >= 0.6 is 11.8 Å². The van der Waals surface area contributed by atoms with Gasteiger partial charge in [-0.2, -0.15) is 0 Å². The second-order valence-corrected chi connectivity index (χ2v) is 10.6. The third kappa shape index (κ3) is 7.89. The van der Waals surface area contributed by atoms with Gasteiger partial charge in [-0.15, -0.1) is 11.8 Å². The predicted octanol–water partition coefficient (Wildman–Crippen LogP) is 4.73. The van der Waals surface area contributed by atoms with Crippen LogP contribution < -0.4 is 5.32 Å². The van der Waals surface area contributed by atoms with Crippen LogP contribution in [0.2, 0.25) is 0 Å². The van der Waals surface area contributed by atoms with E-state index in [0.717, 1.165) is 27.3 Å². The molecule has 1 aliphatic rings. The summed E-state index contributed by atoms with van der Waals surface area (Å²) in [6.45, 7) is 5.24. The summed E-state index contributed by atoms with van der Waals surface area (Å²) in [5, 5.41) is 13.2. The fraction of sp³-hybridized carbons (Fsp3) is 0.367. The Labute approximate surface area is 233 Å². The van der Waals surface area contributed by atoms with Crippen molar-refractivity contribution in [2.75, 3.05) is 5.75 Å². The number of nitrogens with zero attached hydrogens (tertiary/aromatic N) is 1. The lowest BCUT2D eigenvalue weighted by molar-refractivity contribution is -0.268. The topological polar surface area (TPSA) is 107 Å². The number of hydrogen-bond donors (Lipinski definition) is 2. The summed E-state index contributed by atoms with van der Waals surface area (Å²) in [5.41, 5.74) is 3.64. The minimum absolute atomic E-state index is 0.00803. The Morgan fingerprint density at radius 3 is 2.36 bits per heavy atom. The van der Waals surface area contributed by atoms with Gasteiger partial charge in [0.05, 0.1) is 23.8 Å². The summed E-state index contributed by atoms with van der Waals surface area (Å²) in [5.74, 6) is -0.0618. The lowest BCUT2D eigenvalue weighted by atomic mass is 9.91. The van der Waals surface area contributed by atoms with Crippen LogP contribution in [-0.2, 0) is 37.0 Å². The van der Waals surface area contributed by atoms with Crippen LogP contribution in [0.5, 0.6) is 0 Å². The number of thioether (sulfide) groups is 1. The number of hydrogen-bond acceptors (Lipinski definition) is 8. The van der Waals surface area contributed by atoms with Crippen LogP contribution in [0.1, 0.15) is 55.4 Å². The SMILES string of the molecule is CC(=O)O[C@@H](C)C(=O)NCc1ccc([C@H]2O[C@@H](CSc3ccccn3)[C@@H](C)[C@@H](c3ccc(CO)cc3)O2)cc1. The molecule has 1 aliphatic heterocycles. The third-order valence-corrected chi connectivity index (χ3v) is 7.62. The van der Waals surface area contributed by atoms with E-state index >= 15 is 0 Å². The van der Waals surface area contributed by atoms with Gasteiger partial charge in [0.15, 0.2) is 12.4 Å². The van der Waals surface area contributed by atoms with E-state index in [0.29, 0.717) is 12.3 Å². The molecule has 0 radical (unpaired) electrons. The first-order valence-corrected chi connectivity index (χ1v) is 13.9. The van der Waals surface area contributed by atoms with Gasteiger partial charge in [-0.3, -0.25) is 9.59 Å². The molecule has 3 aromatic rings. The summed E-state index contributed by atoms with van der Waals surface area (Å²) in [4.78, 5) is 27.7. The molecule has 5 atom stereocenters. The van der Waals surface area contributed by atoms with E-state index < -0.39 is 18.4 Å². The number of amides is 1. The molecular formula is C30H34N2O6S. The highest BCUT2D eigenvalue weighted by atomic mass is 32.2. The van der Waals surface area contributed by atoms with Crippen LogP contribution in [0.3, 0.4) is 0 Å². The van der Waals surface area contributed by atoms with Crippen molar-refractivity contribution in [1.82, 2.24) is 10.3 Å². The van der Waals surface area contributed by atoms with Gasteiger partial charge >= 0.3 is 5.97 Å². The molecule has 0 saturated carbocycles. The van der Waals surface area contributed by atoms with Gasteiger partial charge in [0.25, 0.3) is 5.91 Å². The maximum Gasteiger partial charge on any atom is 0.303 e. The van der Waals surface area contributed by atoms with Crippen molar-refractivity contribution in [3.05, 3.63) is 95.2 Å². The highest BCUT2D eigenvalue weighted by molar-refractivity contribution is 7.99. The van der Waals surface area contributed by atoms with Gasteiger partial charge in [0.1, 0.15) is 0 Å². The molecule has 4 rings (SSSR count). The summed E-state index contributed by atoms with van der Waals surface area (Å²) in [7, 11) is 0. The van der Waals surface area contributed by atoms with E-state index in [9.17, 15) is 14.7 Å². The zero-order chi connectivity index (χ0) is 27.8. The fourth-order valence-corrected chi connectivity index (χ4v) is 5.37. The molecule has 206 valence electrons. The van der Waals surface area contributed by atoms with Gasteiger partial charge in [-0.25, -0.2) is 4.98 Å². The average Bonchev–Trinajstić information content (AvgIpc) is 2.96. The monoisotopic (exact) mass is 550 g/mol. The summed E-state index contributed by atoms with van der Waals surface area (Å²) < 4.78 is 17.9. The first-order chi connectivity index (χ1) is 18.8. The molecule has 0 spiro atoms. The Morgan fingerprint density at radius 2 is 1.72 bits per heavy atom. The zero-order valence-corrected chi connectivity index (χ0v) is 23.1. The van der Waals surface area contributed by atoms with Crippen molar-refractivity contribution in [1.29, 1.82) is 0 Å². The number of rotatable bonds is 10. The fourth-order valence-electron chi connectivity index (χ4n) is 4.34. The largest absolute Gasteiger partial charge is 0.453 e. The van der Waals surface area contributed by atoms with Crippen molar-refractivity contribution in [2.24, 2.45) is 5.92 Å². The first-order valence-electron chi connectivity index (χ1n) is 12.9. The molecular weight excluding hydrogens is 516 g/mol. The highest BCUT2D eigenvalue weighted by Crippen LogP contribution is 2.42. The van der Waals surface area contributed by atoms with E-state index in [4.69, 9.17) is 14.2 Å². The smallest absolute Gasteiger partial charge is 0.303 e. The minimum Gasteiger partial charge on any atom is -0.453 e. The highest BCUT2D eigenvalue weighted by Gasteiger charge is 2.38. The predicted molar refractivity (Wildman–Crippen MR) is 147 cm³/mol. The number of benzene rings is 2. The lowest BCUT2D eigenvalue weighted by Gasteiger charge is -2.41. The van der Waals surface area contributed by atoms with Crippen LogP contribution in [0.25, 0.3) is 0 Å². The second kappa shape index (κ2) is 13.7. The number of aliphatic hydroxyl groups excluding tert-OH is 1. The van der Waals surface area contributed by atoms with Crippen LogP contribution in [0.15, 0.2) is 78.0 Å². The van der Waals surface area contributed by atoms with Crippen molar-refractivity contribution in [2.45, 2.75) is 63.6 Å². The molecule has 0 bridgehead atoms. The number of carbonyl (C=O) groups is 2. The number of ether oxygens (including phenoxy) is 3. The average molecular weight is 551 g/mol. The maximum atomic E-state index is 12.2. The van der Waals surface area contributed by atoms with Crippen molar-refractivity contribution in [3.63, 3.8) is 0 Å². The number of nitrogens with one attached hydrogen (secondary N) is 1. The van der Waals surface area contributed by atoms with Gasteiger partial charge in [0.2, 0.25) is 0 Å². The van der Waals surface area contributed by atoms with E-state index in [2.05, 4.69) is 17.2 Å². The molecule has 1 fully saturated rings. The normalized spacial score (nSPS) is 21.6. The quantitative estimate of drug-likeness (QED) is 0.276. The van der Waals surface area contributed by atoms with Crippen molar-refractivity contribution < 1.29 is 28.9 Å². The van der Waals surface area contributed by atoms with Gasteiger partial charge in [-0.05, 0) is 35.7 Å². The van der Waals surface area contributed by atoms with Gasteiger partial charge in [-0.1, -0.05) is 61.5 Å². The first kappa shape index (κ1) is 28.8. The van der Waals surface area contributed by atoms with E-state index in [1.54, 1.807) is 18.0 Å². The number of carbonyl (C=O) groups excluding carboxylic acids is 2. The maximum absolute atomic E-state index is 12.2. The molecule has 8 nitrogen and oxygen atoms in total. The number of pyridine rings is 1. The standard InChI is InChI=1S/C30H34N2O6S/c1-19-26(18-39-27-6-4-5-15-31-27)37-30(38-28(19)24-11-9-23(17-33)10-12-24)25-13-7-22(8-14-25)16-32-29(35)20(2)36-21(3)34/h4-15,19-20,26,28,30,33H,16-18H2,1-3H3,(H,32,35)/t19-,20+,26+,28+,30+/m1/s1. The van der Waals surface area contributed by atoms with Gasteiger partial charge < -0.3 is 24.6 Å². The molecule has 0 unspecified atom stereocenters. The molecule has 1 amide bonds. The summed E-state index contributed by atoms with van der Waals surface area (Å²) in [6, 6.07) is 21.4. The Kier molecular flexibility index (Phi) is 10.1. The Balaban J connectivity index is 1.47.